The molecule has 1 aliphatic rings. The molecule has 0 bridgehead atoms. The summed E-state index contributed by atoms with van der Waals surface area (Å²) in [5.41, 5.74) is 0.0709. The summed E-state index contributed by atoms with van der Waals surface area (Å²) in [4.78, 5) is 23.1. The molecule has 0 saturated heterocycles. The van der Waals surface area contributed by atoms with Crippen LogP contribution >= 0.6 is 0 Å². The number of rotatable bonds is 5. The van der Waals surface area contributed by atoms with Gasteiger partial charge in [-0.1, -0.05) is 0 Å². The van der Waals surface area contributed by atoms with E-state index in [1.165, 1.54) is 12.1 Å². The standard InChI is InChI=1S/C13H16N2O5/c1-14(7-8-4-10(16)5-8)11-3-2-9(13(17)18)6-12(11)15(19)20/h2-3,6,8,10,16H,4-5,7H2,1H3,(H,17,18). The molecule has 0 unspecified atom stereocenters. The van der Waals surface area contributed by atoms with Crippen molar-refractivity contribution in [3.05, 3.63) is 33.9 Å². The summed E-state index contributed by atoms with van der Waals surface area (Å²) in [6, 6.07) is 3.89. The topological polar surface area (TPSA) is 104 Å². The minimum absolute atomic E-state index is 0.104. The van der Waals surface area contributed by atoms with Gasteiger partial charge in [0.1, 0.15) is 5.69 Å². The SMILES string of the molecule is CN(CC1CC(O)C1)c1ccc(C(=O)O)cc1[N+](=O)[O-]. The lowest BCUT2D eigenvalue weighted by molar-refractivity contribution is -0.384. The van der Waals surface area contributed by atoms with E-state index >= 15 is 0 Å². The molecule has 1 aromatic carbocycles. The summed E-state index contributed by atoms with van der Waals surface area (Å²) in [5.74, 6) is -0.877. The van der Waals surface area contributed by atoms with Crippen LogP contribution in [0.25, 0.3) is 0 Å². The third-order valence-corrected chi connectivity index (χ3v) is 3.57. The number of anilines is 1. The molecule has 0 aromatic heterocycles. The van der Waals surface area contributed by atoms with E-state index in [-0.39, 0.29) is 17.4 Å². The van der Waals surface area contributed by atoms with E-state index in [2.05, 4.69) is 0 Å². The molecule has 1 aliphatic carbocycles. The number of hydrogen-bond donors (Lipinski definition) is 2. The van der Waals surface area contributed by atoms with Crippen molar-refractivity contribution in [2.75, 3.05) is 18.5 Å². The van der Waals surface area contributed by atoms with Gasteiger partial charge in [0.15, 0.2) is 0 Å². The van der Waals surface area contributed by atoms with Gasteiger partial charge < -0.3 is 15.1 Å². The van der Waals surface area contributed by atoms with Gasteiger partial charge in [-0.25, -0.2) is 4.79 Å². The van der Waals surface area contributed by atoms with Crippen LogP contribution in [-0.4, -0.2) is 40.8 Å². The van der Waals surface area contributed by atoms with Crippen LogP contribution in [0.5, 0.6) is 0 Å². The fraction of sp³-hybridized carbons (Fsp3) is 0.462. The van der Waals surface area contributed by atoms with Crippen molar-refractivity contribution in [2.45, 2.75) is 18.9 Å². The van der Waals surface area contributed by atoms with Gasteiger partial charge in [0.05, 0.1) is 16.6 Å². The Morgan fingerprint density at radius 1 is 1.50 bits per heavy atom. The molecular weight excluding hydrogens is 264 g/mol. The molecule has 0 amide bonds. The minimum Gasteiger partial charge on any atom is -0.478 e. The number of carboxylic acids is 1. The van der Waals surface area contributed by atoms with E-state index in [1.807, 2.05) is 0 Å². The molecule has 0 atom stereocenters. The predicted molar refractivity (Wildman–Crippen MR) is 72.1 cm³/mol. The number of nitrogens with zero attached hydrogens (tertiary/aromatic N) is 2. The predicted octanol–water partition coefficient (Wildman–Crippen LogP) is 1.50. The first-order valence-corrected chi connectivity index (χ1v) is 6.29. The molecule has 20 heavy (non-hydrogen) atoms. The normalized spacial score (nSPS) is 21.1. The third kappa shape index (κ3) is 2.88. The van der Waals surface area contributed by atoms with Gasteiger partial charge in [0, 0.05) is 19.7 Å². The number of benzene rings is 1. The van der Waals surface area contributed by atoms with Gasteiger partial charge in [-0.05, 0) is 30.9 Å². The van der Waals surface area contributed by atoms with Gasteiger partial charge in [0.2, 0.25) is 0 Å². The summed E-state index contributed by atoms with van der Waals surface area (Å²) in [7, 11) is 1.73. The van der Waals surface area contributed by atoms with Crippen LogP contribution in [0.4, 0.5) is 11.4 Å². The summed E-state index contributed by atoms with van der Waals surface area (Å²) in [6.45, 7) is 0.602. The van der Waals surface area contributed by atoms with E-state index in [0.717, 1.165) is 6.07 Å². The number of nitro groups is 1. The number of aliphatic hydroxyl groups is 1. The van der Waals surface area contributed by atoms with Crippen LogP contribution in [-0.2, 0) is 0 Å². The average Bonchev–Trinajstić information content (AvgIpc) is 2.35. The van der Waals surface area contributed by atoms with Crippen molar-refractivity contribution in [1.29, 1.82) is 0 Å². The van der Waals surface area contributed by atoms with Crippen molar-refractivity contribution in [1.82, 2.24) is 0 Å². The molecule has 7 heteroatoms. The molecule has 108 valence electrons. The van der Waals surface area contributed by atoms with Gasteiger partial charge in [0.25, 0.3) is 5.69 Å². The average molecular weight is 280 g/mol. The summed E-state index contributed by atoms with van der Waals surface area (Å²) in [5, 5.41) is 29.2. The van der Waals surface area contributed by atoms with Crippen molar-refractivity contribution < 1.29 is 19.9 Å². The van der Waals surface area contributed by atoms with Crippen LogP contribution in [0, 0.1) is 16.0 Å². The largest absolute Gasteiger partial charge is 0.478 e. The van der Waals surface area contributed by atoms with Gasteiger partial charge >= 0.3 is 5.97 Å². The van der Waals surface area contributed by atoms with Gasteiger partial charge in [-0.2, -0.15) is 0 Å². The van der Waals surface area contributed by atoms with Crippen LogP contribution in [0.3, 0.4) is 0 Å². The maximum Gasteiger partial charge on any atom is 0.335 e. The Bertz CT molecular complexity index is 540. The Labute approximate surface area is 115 Å². The first-order valence-electron chi connectivity index (χ1n) is 6.29. The number of aromatic carboxylic acids is 1. The highest BCUT2D eigenvalue weighted by molar-refractivity contribution is 5.89. The molecule has 0 aliphatic heterocycles. The number of aliphatic hydroxyl groups excluding tert-OH is 1. The van der Waals surface area contributed by atoms with Gasteiger partial charge in [-0.3, -0.25) is 10.1 Å². The summed E-state index contributed by atoms with van der Waals surface area (Å²) >= 11 is 0. The van der Waals surface area contributed by atoms with Crippen molar-refractivity contribution in [3.63, 3.8) is 0 Å². The second kappa shape index (κ2) is 5.46. The Kier molecular flexibility index (Phi) is 3.89. The zero-order chi connectivity index (χ0) is 14.9. The first-order chi connectivity index (χ1) is 9.38. The molecule has 0 spiro atoms. The molecular formula is C13H16N2O5. The van der Waals surface area contributed by atoms with Crippen molar-refractivity contribution in [3.8, 4) is 0 Å². The molecule has 1 saturated carbocycles. The monoisotopic (exact) mass is 280 g/mol. The fourth-order valence-electron chi connectivity index (χ4n) is 2.46. The van der Waals surface area contributed by atoms with Crippen LogP contribution < -0.4 is 4.90 Å². The number of nitro benzene ring substituents is 1. The third-order valence-electron chi connectivity index (χ3n) is 3.57. The molecule has 1 aromatic rings. The number of hydrogen-bond acceptors (Lipinski definition) is 5. The molecule has 0 heterocycles. The molecule has 1 fully saturated rings. The van der Waals surface area contributed by atoms with Crippen LogP contribution in [0.2, 0.25) is 0 Å². The quantitative estimate of drug-likeness (QED) is 0.625. The Hall–Kier alpha value is -2.15. The van der Waals surface area contributed by atoms with Crippen LogP contribution in [0.1, 0.15) is 23.2 Å². The molecule has 0 radical (unpaired) electrons. The first kappa shape index (κ1) is 14.3. The van der Waals surface area contributed by atoms with E-state index in [9.17, 15) is 20.0 Å². The maximum atomic E-state index is 11.1. The number of carboxylic acid groups (broad SMARTS) is 1. The highest BCUT2D eigenvalue weighted by Gasteiger charge is 2.29. The minimum atomic E-state index is -1.19. The Balaban J connectivity index is 2.21. The van der Waals surface area contributed by atoms with Crippen LogP contribution in [0.15, 0.2) is 18.2 Å². The Morgan fingerprint density at radius 2 is 2.15 bits per heavy atom. The zero-order valence-corrected chi connectivity index (χ0v) is 11.0. The second-order valence-corrected chi connectivity index (χ2v) is 5.14. The van der Waals surface area contributed by atoms with Gasteiger partial charge in [-0.15, -0.1) is 0 Å². The van der Waals surface area contributed by atoms with E-state index < -0.39 is 10.9 Å². The second-order valence-electron chi connectivity index (χ2n) is 5.14. The lowest BCUT2D eigenvalue weighted by atomic mass is 9.82. The smallest absolute Gasteiger partial charge is 0.335 e. The lowest BCUT2D eigenvalue weighted by Crippen LogP contribution is -2.37. The molecule has 2 N–H and O–H groups in total. The summed E-state index contributed by atoms with van der Waals surface area (Å²) in [6.07, 6.45) is 1.13. The lowest BCUT2D eigenvalue weighted by Gasteiger charge is -2.35. The highest BCUT2D eigenvalue weighted by atomic mass is 16.6. The maximum absolute atomic E-state index is 11.1. The number of carbonyl (C=O) groups is 1. The van der Waals surface area contributed by atoms with E-state index in [1.54, 1.807) is 11.9 Å². The summed E-state index contributed by atoms with van der Waals surface area (Å²) < 4.78 is 0. The fourth-order valence-corrected chi connectivity index (χ4v) is 2.46. The Morgan fingerprint density at radius 3 is 2.65 bits per heavy atom. The van der Waals surface area contributed by atoms with E-state index in [4.69, 9.17) is 5.11 Å². The van der Waals surface area contributed by atoms with Crippen molar-refractivity contribution in [2.24, 2.45) is 5.92 Å². The molecule has 7 nitrogen and oxygen atoms in total. The zero-order valence-electron chi connectivity index (χ0n) is 11.0. The van der Waals surface area contributed by atoms with Crippen molar-refractivity contribution >= 4 is 17.3 Å². The molecule has 2 rings (SSSR count). The van der Waals surface area contributed by atoms with E-state index in [0.29, 0.717) is 31.0 Å². The highest BCUT2D eigenvalue weighted by Crippen LogP contribution is 2.33.